The SMILES string of the molecule is CCC[C@H](N[C@@H](C)C(=O)N1[C@H](COOC)C[C@@H]2CCCC[C@@H]21)C(=O)OCC. The first-order valence-electron chi connectivity index (χ1n) is 10.4. The molecule has 0 spiro atoms. The van der Waals surface area contributed by atoms with Gasteiger partial charge in [0.2, 0.25) is 5.91 Å². The molecule has 27 heavy (non-hydrogen) atoms. The third-order valence-electron chi connectivity index (χ3n) is 5.80. The summed E-state index contributed by atoms with van der Waals surface area (Å²) in [5.41, 5.74) is 0. The van der Waals surface area contributed by atoms with Gasteiger partial charge in [-0.25, -0.2) is 9.78 Å². The number of fused-ring (bicyclic) bond motifs is 1. The van der Waals surface area contributed by atoms with Crippen molar-refractivity contribution in [3.8, 4) is 0 Å². The average Bonchev–Trinajstić information content (AvgIpc) is 3.03. The summed E-state index contributed by atoms with van der Waals surface area (Å²) in [4.78, 5) is 37.5. The first kappa shape index (κ1) is 22.1. The maximum absolute atomic E-state index is 13.3. The maximum Gasteiger partial charge on any atom is 0.323 e. The van der Waals surface area contributed by atoms with E-state index in [9.17, 15) is 9.59 Å². The molecule has 2 aliphatic rings. The molecule has 0 aromatic heterocycles. The molecule has 0 bridgehead atoms. The third kappa shape index (κ3) is 5.65. The molecule has 1 saturated heterocycles. The Morgan fingerprint density at radius 3 is 2.63 bits per heavy atom. The normalized spacial score (nSPS) is 27.1. The minimum atomic E-state index is -0.452. The highest BCUT2D eigenvalue weighted by molar-refractivity contribution is 5.84. The second kappa shape index (κ2) is 11.0. The number of nitrogens with zero attached hydrogens (tertiary/aromatic N) is 1. The molecule has 1 heterocycles. The summed E-state index contributed by atoms with van der Waals surface area (Å²) in [6, 6.07) is -0.598. The predicted octanol–water partition coefficient (Wildman–Crippen LogP) is 2.43. The Morgan fingerprint density at radius 2 is 1.96 bits per heavy atom. The van der Waals surface area contributed by atoms with E-state index in [4.69, 9.17) is 14.5 Å². The Kier molecular flexibility index (Phi) is 8.99. The fourth-order valence-electron chi connectivity index (χ4n) is 4.60. The quantitative estimate of drug-likeness (QED) is 0.354. The van der Waals surface area contributed by atoms with Gasteiger partial charge in [0.1, 0.15) is 12.6 Å². The van der Waals surface area contributed by atoms with Crippen LogP contribution in [0.3, 0.4) is 0 Å². The average molecular weight is 385 g/mol. The van der Waals surface area contributed by atoms with Crippen LogP contribution in [0.25, 0.3) is 0 Å². The zero-order valence-electron chi connectivity index (χ0n) is 17.2. The highest BCUT2D eigenvalue weighted by Gasteiger charge is 2.45. The number of likely N-dealkylation sites (tertiary alicyclic amines) is 1. The number of hydrogen-bond donors (Lipinski definition) is 1. The molecule has 1 amide bonds. The van der Waals surface area contributed by atoms with Crippen molar-refractivity contribution in [3.05, 3.63) is 0 Å². The number of nitrogens with one attached hydrogen (secondary N) is 1. The molecule has 1 aliphatic carbocycles. The van der Waals surface area contributed by atoms with Crippen LogP contribution in [-0.4, -0.2) is 61.3 Å². The van der Waals surface area contributed by atoms with E-state index in [-0.39, 0.29) is 24.0 Å². The standard InChI is InChI=1S/C20H36N2O5/c1-5-9-17(20(24)26-6-2)21-14(3)19(23)22-16(13-27-25-4)12-15-10-7-8-11-18(15)22/h14-18,21H,5-13H2,1-4H3/t14-,15-,16-,17-,18-/m0/s1. The van der Waals surface area contributed by atoms with Crippen molar-refractivity contribution in [2.45, 2.75) is 89.9 Å². The van der Waals surface area contributed by atoms with Gasteiger partial charge < -0.3 is 9.64 Å². The Bertz CT molecular complexity index is 487. The lowest BCUT2D eigenvalue weighted by Gasteiger charge is -2.36. The van der Waals surface area contributed by atoms with Gasteiger partial charge in [0, 0.05) is 6.04 Å². The maximum atomic E-state index is 13.3. The Labute approximate surface area is 163 Å². The van der Waals surface area contributed by atoms with Gasteiger partial charge in [-0.15, -0.1) is 0 Å². The van der Waals surface area contributed by atoms with Crippen LogP contribution < -0.4 is 5.32 Å². The van der Waals surface area contributed by atoms with Crippen molar-refractivity contribution in [1.82, 2.24) is 10.2 Å². The van der Waals surface area contributed by atoms with E-state index >= 15 is 0 Å². The molecule has 0 aromatic rings. The molecule has 1 aliphatic heterocycles. The van der Waals surface area contributed by atoms with E-state index in [2.05, 4.69) is 5.32 Å². The lowest BCUT2D eigenvalue weighted by Crippen LogP contribution is -2.55. The van der Waals surface area contributed by atoms with E-state index in [0.717, 1.165) is 25.7 Å². The summed E-state index contributed by atoms with van der Waals surface area (Å²) >= 11 is 0. The molecule has 156 valence electrons. The van der Waals surface area contributed by atoms with E-state index in [1.165, 1.54) is 20.0 Å². The van der Waals surface area contributed by atoms with Crippen molar-refractivity contribution < 1.29 is 24.1 Å². The van der Waals surface area contributed by atoms with Crippen molar-refractivity contribution >= 4 is 11.9 Å². The van der Waals surface area contributed by atoms with E-state index in [1.54, 1.807) is 6.92 Å². The molecular weight excluding hydrogens is 348 g/mol. The van der Waals surface area contributed by atoms with Gasteiger partial charge in [-0.1, -0.05) is 26.2 Å². The van der Waals surface area contributed by atoms with Crippen molar-refractivity contribution in [3.63, 3.8) is 0 Å². The fourth-order valence-corrected chi connectivity index (χ4v) is 4.60. The first-order valence-corrected chi connectivity index (χ1v) is 10.4. The highest BCUT2D eigenvalue weighted by atomic mass is 17.2. The van der Waals surface area contributed by atoms with E-state index < -0.39 is 12.1 Å². The lowest BCUT2D eigenvalue weighted by atomic mass is 9.84. The van der Waals surface area contributed by atoms with Crippen LogP contribution in [0.4, 0.5) is 0 Å². The minimum Gasteiger partial charge on any atom is -0.465 e. The minimum absolute atomic E-state index is 0.0296. The Hall–Kier alpha value is -1.18. The molecule has 2 rings (SSSR count). The molecule has 7 nitrogen and oxygen atoms in total. The molecule has 7 heteroatoms. The van der Waals surface area contributed by atoms with Crippen molar-refractivity contribution in [2.24, 2.45) is 5.92 Å². The van der Waals surface area contributed by atoms with Gasteiger partial charge in [-0.2, -0.15) is 0 Å². The lowest BCUT2D eigenvalue weighted by molar-refractivity contribution is -0.279. The molecule has 0 unspecified atom stereocenters. The number of amides is 1. The zero-order valence-corrected chi connectivity index (χ0v) is 17.2. The van der Waals surface area contributed by atoms with Crippen LogP contribution in [0.1, 0.15) is 65.7 Å². The van der Waals surface area contributed by atoms with Crippen LogP contribution in [-0.2, 0) is 24.1 Å². The van der Waals surface area contributed by atoms with Crippen LogP contribution >= 0.6 is 0 Å². The summed E-state index contributed by atoms with van der Waals surface area (Å²) in [7, 11) is 1.49. The van der Waals surface area contributed by atoms with Crippen LogP contribution in [0.2, 0.25) is 0 Å². The molecule has 1 N–H and O–H groups in total. The third-order valence-corrected chi connectivity index (χ3v) is 5.80. The van der Waals surface area contributed by atoms with Crippen molar-refractivity contribution in [2.75, 3.05) is 20.3 Å². The van der Waals surface area contributed by atoms with Gasteiger partial charge >= 0.3 is 5.97 Å². The largest absolute Gasteiger partial charge is 0.465 e. The molecule has 1 saturated carbocycles. The number of carbonyl (C=O) groups excluding carboxylic acids is 2. The van der Waals surface area contributed by atoms with Gasteiger partial charge in [0.15, 0.2) is 0 Å². The van der Waals surface area contributed by atoms with Crippen molar-refractivity contribution in [1.29, 1.82) is 0 Å². The van der Waals surface area contributed by atoms with Gasteiger partial charge in [0.05, 0.1) is 25.8 Å². The second-order valence-electron chi connectivity index (χ2n) is 7.68. The number of ether oxygens (including phenoxy) is 1. The number of hydrogen-bond acceptors (Lipinski definition) is 6. The second-order valence-corrected chi connectivity index (χ2v) is 7.68. The fraction of sp³-hybridized carbons (Fsp3) is 0.900. The van der Waals surface area contributed by atoms with Gasteiger partial charge in [-0.3, -0.25) is 14.9 Å². The molecule has 0 radical (unpaired) electrons. The Balaban J connectivity index is 2.07. The predicted molar refractivity (Wildman–Crippen MR) is 102 cm³/mol. The monoisotopic (exact) mass is 384 g/mol. The van der Waals surface area contributed by atoms with E-state index in [0.29, 0.717) is 25.6 Å². The molecular formula is C20H36N2O5. The molecule has 2 fully saturated rings. The number of esters is 1. The summed E-state index contributed by atoms with van der Waals surface area (Å²) in [5.74, 6) is 0.298. The smallest absolute Gasteiger partial charge is 0.323 e. The summed E-state index contributed by atoms with van der Waals surface area (Å²) in [5, 5.41) is 3.21. The molecule has 0 aromatic carbocycles. The molecule has 5 atom stereocenters. The summed E-state index contributed by atoms with van der Waals surface area (Å²) < 4.78 is 5.16. The highest BCUT2D eigenvalue weighted by Crippen LogP contribution is 2.40. The topological polar surface area (TPSA) is 77.1 Å². The van der Waals surface area contributed by atoms with Gasteiger partial charge in [-0.05, 0) is 45.4 Å². The summed E-state index contributed by atoms with van der Waals surface area (Å²) in [6.45, 7) is 6.39. The summed E-state index contributed by atoms with van der Waals surface area (Å²) in [6.07, 6.45) is 7.06. The Morgan fingerprint density at radius 1 is 1.22 bits per heavy atom. The van der Waals surface area contributed by atoms with Crippen LogP contribution in [0.15, 0.2) is 0 Å². The van der Waals surface area contributed by atoms with Crippen LogP contribution in [0, 0.1) is 5.92 Å². The van der Waals surface area contributed by atoms with Gasteiger partial charge in [0.25, 0.3) is 0 Å². The van der Waals surface area contributed by atoms with E-state index in [1.807, 2.05) is 18.7 Å². The van der Waals surface area contributed by atoms with Crippen LogP contribution in [0.5, 0.6) is 0 Å². The zero-order chi connectivity index (χ0) is 19.8. The number of rotatable bonds is 10. The first-order chi connectivity index (χ1) is 13.0. The number of carbonyl (C=O) groups is 2.